The lowest BCUT2D eigenvalue weighted by atomic mass is 10.0. The van der Waals surface area contributed by atoms with E-state index in [1.807, 2.05) is 30.3 Å². The predicted molar refractivity (Wildman–Crippen MR) is 87.6 cm³/mol. The van der Waals surface area contributed by atoms with Crippen LogP contribution in [-0.2, 0) is 6.54 Å². The number of aromatic nitrogens is 4. The van der Waals surface area contributed by atoms with E-state index in [0.717, 1.165) is 11.1 Å². The van der Waals surface area contributed by atoms with Crippen molar-refractivity contribution in [2.24, 2.45) is 0 Å². The number of rotatable bonds is 4. The van der Waals surface area contributed by atoms with Crippen LogP contribution < -0.4 is 0 Å². The fourth-order valence-corrected chi connectivity index (χ4v) is 2.36. The van der Waals surface area contributed by atoms with Crippen LogP contribution in [-0.4, -0.2) is 20.2 Å². The van der Waals surface area contributed by atoms with E-state index >= 15 is 0 Å². The van der Waals surface area contributed by atoms with Crippen molar-refractivity contribution in [2.75, 3.05) is 0 Å². The molecule has 5 heteroatoms. The Kier molecular flexibility index (Phi) is 4.15. The van der Waals surface area contributed by atoms with Crippen molar-refractivity contribution in [3.05, 3.63) is 65.2 Å². The first-order valence-electron chi connectivity index (χ1n) is 7.53. The molecule has 3 aromatic rings. The second-order valence-corrected chi connectivity index (χ2v) is 5.69. The topological polar surface area (TPSA) is 67.4 Å². The third-order valence-corrected chi connectivity index (χ3v) is 3.74. The molecule has 0 saturated carbocycles. The highest BCUT2D eigenvalue weighted by Crippen LogP contribution is 2.19. The first-order chi connectivity index (χ1) is 11.2. The molecule has 0 saturated heterocycles. The van der Waals surface area contributed by atoms with Crippen LogP contribution in [0.3, 0.4) is 0 Å². The zero-order valence-electron chi connectivity index (χ0n) is 13.1. The van der Waals surface area contributed by atoms with Crippen molar-refractivity contribution in [3.8, 4) is 17.5 Å². The van der Waals surface area contributed by atoms with Gasteiger partial charge < -0.3 is 0 Å². The van der Waals surface area contributed by atoms with Gasteiger partial charge in [0.25, 0.3) is 0 Å². The van der Waals surface area contributed by atoms with Gasteiger partial charge in [-0.15, -0.1) is 10.2 Å². The van der Waals surface area contributed by atoms with Gasteiger partial charge in [-0.2, -0.15) is 10.1 Å². The van der Waals surface area contributed by atoms with Gasteiger partial charge in [0.05, 0.1) is 18.2 Å². The second kappa shape index (κ2) is 6.41. The Morgan fingerprint density at radius 3 is 2.52 bits per heavy atom. The first kappa shape index (κ1) is 14.9. The highest BCUT2D eigenvalue weighted by Gasteiger charge is 2.09. The third-order valence-electron chi connectivity index (χ3n) is 3.74. The largest absolute Gasteiger partial charge is 0.204 e. The van der Waals surface area contributed by atoms with Crippen molar-refractivity contribution >= 4 is 0 Å². The summed E-state index contributed by atoms with van der Waals surface area (Å²) in [5, 5.41) is 21.7. The van der Waals surface area contributed by atoms with Crippen molar-refractivity contribution in [1.82, 2.24) is 20.2 Å². The monoisotopic (exact) mass is 303 g/mol. The Bertz CT molecular complexity index is 840. The molecule has 0 fully saturated rings. The Hall–Kier alpha value is -3.00. The van der Waals surface area contributed by atoms with Gasteiger partial charge in [-0.3, -0.25) is 0 Å². The van der Waals surface area contributed by atoms with E-state index in [2.05, 4.69) is 47.5 Å². The lowest BCUT2D eigenvalue weighted by Crippen LogP contribution is -2.05. The van der Waals surface area contributed by atoms with E-state index in [1.165, 1.54) is 10.4 Å². The minimum absolute atomic E-state index is 0.431. The molecule has 3 rings (SSSR count). The van der Waals surface area contributed by atoms with Crippen molar-refractivity contribution in [3.63, 3.8) is 0 Å². The van der Waals surface area contributed by atoms with E-state index < -0.39 is 0 Å². The van der Waals surface area contributed by atoms with Crippen LogP contribution in [0.25, 0.3) is 11.4 Å². The molecule has 5 nitrogen and oxygen atoms in total. The molecule has 0 amide bonds. The van der Waals surface area contributed by atoms with Crippen LogP contribution in [0, 0.1) is 11.3 Å². The Morgan fingerprint density at radius 1 is 1.09 bits per heavy atom. The van der Waals surface area contributed by atoms with Crippen molar-refractivity contribution in [2.45, 2.75) is 26.3 Å². The fraction of sp³-hybridized carbons (Fsp3) is 0.222. The van der Waals surface area contributed by atoms with Gasteiger partial charge in [0.15, 0.2) is 0 Å². The van der Waals surface area contributed by atoms with Crippen LogP contribution in [0.1, 0.15) is 36.5 Å². The zero-order chi connectivity index (χ0) is 16.2. The molecule has 2 aromatic carbocycles. The molecule has 1 heterocycles. The molecule has 0 aliphatic carbocycles. The maximum absolute atomic E-state index is 9.13. The molecule has 114 valence electrons. The summed E-state index contributed by atoms with van der Waals surface area (Å²) in [5.41, 5.74) is 3.74. The Labute approximate surface area is 135 Å². The maximum Gasteiger partial charge on any atom is 0.204 e. The van der Waals surface area contributed by atoms with E-state index in [1.54, 1.807) is 6.07 Å². The number of tetrazole rings is 1. The average Bonchev–Trinajstić information content (AvgIpc) is 3.04. The van der Waals surface area contributed by atoms with Gasteiger partial charge in [-0.05, 0) is 28.3 Å². The fourth-order valence-electron chi connectivity index (χ4n) is 2.36. The van der Waals surface area contributed by atoms with Gasteiger partial charge in [0.1, 0.15) is 0 Å². The second-order valence-electron chi connectivity index (χ2n) is 5.69. The Balaban J connectivity index is 1.82. The predicted octanol–water partition coefficient (Wildman–Crippen LogP) is 3.38. The normalized spacial score (nSPS) is 10.7. The highest BCUT2D eigenvalue weighted by molar-refractivity contribution is 5.54. The van der Waals surface area contributed by atoms with Gasteiger partial charge in [0, 0.05) is 5.56 Å². The standard InChI is InChI=1S/C18H17N5/c1-13(2)14-7-9-15(10-8-14)18-20-22-23(21-18)12-17-6-4-3-5-16(17)11-19/h3-10,13H,12H2,1-2H3. The summed E-state index contributed by atoms with van der Waals surface area (Å²) in [6.07, 6.45) is 0. The van der Waals surface area contributed by atoms with Crippen molar-refractivity contribution < 1.29 is 0 Å². The summed E-state index contributed by atoms with van der Waals surface area (Å²) >= 11 is 0. The van der Waals surface area contributed by atoms with E-state index in [9.17, 15) is 0 Å². The summed E-state index contributed by atoms with van der Waals surface area (Å²) < 4.78 is 0. The summed E-state index contributed by atoms with van der Waals surface area (Å²) in [7, 11) is 0. The van der Waals surface area contributed by atoms with Crippen molar-refractivity contribution in [1.29, 1.82) is 5.26 Å². The number of hydrogen-bond donors (Lipinski definition) is 0. The molecule has 0 bridgehead atoms. The summed E-state index contributed by atoms with van der Waals surface area (Å²) in [6.45, 7) is 4.76. The van der Waals surface area contributed by atoms with Gasteiger partial charge in [-0.1, -0.05) is 56.3 Å². The number of nitrogens with zero attached hydrogens (tertiary/aromatic N) is 5. The minimum atomic E-state index is 0.431. The quantitative estimate of drug-likeness (QED) is 0.741. The van der Waals surface area contributed by atoms with Gasteiger partial charge >= 0.3 is 0 Å². The van der Waals surface area contributed by atoms with E-state index in [-0.39, 0.29) is 0 Å². The summed E-state index contributed by atoms with van der Waals surface area (Å²) in [5.74, 6) is 1.09. The van der Waals surface area contributed by atoms with E-state index in [0.29, 0.717) is 23.9 Å². The molecule has 0 radical (unpaired) electrons. The smallest absolute Gasteiger partial charge is 0.192 e. The lowest BCUT2D eigenvalue weighted by Gasteiger charge is -2.04. The number of benzene rings is 2. The molecular formula is C18H17N5. The third kappa shape index (κ3) is 3.27. The average molecular weight is 303 g/mol. The minimum Gasteiger partial charge on any atom is -0.192 e. The summed E-state index contributed by atoms with van der Waals surface area (Å²) in [6, 6.07) is 17.8. The molecular weight excluding hydrogens is 286 g/mol. The molecule has 23 heavy (non-hydrogen) atoms. The zero-order valence-corrected chi connectivity index (χ0v) is 13.1. The van der Waals surface area contributed by atoms with Crippen LogP contribution in [0.5, 0.6) is 0 Å². The molecule has 0 N–H and O–H groups in total. The van der Waals surface area contributed by atoms with E-state index in [4.69, 9.17) is 5.26 Å². The van der Waals surface area contributed by atoms with Gasteiger partial charge in [0.2, 0.25) is 5.82 Å². The highest BCUT2D eigenvalue weighted by atomic mass is 15.6. The van der Waals surface area contributed by atoms with Gasteiger partial charge in [-0.25, -0.2) is 0 Å². The molecule has 0 spiro atoms. The lowest BCUT2D eigenvalue weighted by molar-refractivity contribution is 0.572. The molecule has 0 aliphatic rings. The van der Waals surface area contributed by atoms with Crippen LogP contribution >= 0.6 is 0 Å². The number of hydrogen-bond acceptors (Lipinski definition) is 4. The Morgan fingerprint density at radius 2 is 1.83 bits per heavy atom. The van der Waals surface area contributed by atoms with Crippen LogP contribution in [0.2, 0.25) is 0 Å². The van der Waals surface area contributed by atoms with Crippen LogP contribution in [0.15, 0.2) is 48.5 Å². The summed E-state index contributed by atoms with van der Waals surface area (Å²) in [4.78, 5) is 1.52. The molecule has 1 aromatic heterocycles. The molecule has 0 atom stereocenters. The van der Waals surface area contributed by atoms with Crippen LogP contribution in [0.4, 0.5) is 0 Å². The first-order valence-corrected chi connectivity index (χ1v) is 7.53. The maximum atomic E-state index is 9.13. The number of nitriles is 1. The SMILES string of the molecule is CC(C)c1ccc(-c2nnn(Cc3ccccc3C#N)n2)cc1. The molecule has 0 aliphatic heterocycles. The molecule has 0 unspecified atom stereocenters.